The molecule has 0 spiro atoms. The van der Waals surface area contributed by atoms with Crippen molar-refractivity contribution in [3.63, 3.8) is 0 Å². The molecule has 4 aliphatic rings. The number of rotatable bonds is 3. The molecular formula is C16H33N3. The lowest BCUT2D eigenvalue weighted by molar-refractivity contribution is -0.0867. The topological polar surface area (TPSA) is 18.5 Å². The van der Waals surface area contributed by atoms with Crippen LogP contribution in [-0.2, 0) is 0 Å². The third-order valence-electron chi connectivity index (χ3n) is 5.03. The minimum absolute atomic E-state index is 0.737. The van der Waals surface area contributed by atoms with Crippen molar-refractivity contribution in [2.75, 3.05) is 32.7 Å². The summed E-state index contributed by atoms with van der Waals surface area (Å²) in [6, 6.07) is 2.50. The fourth-order valence-electron chi connectivity index (χ4n) is 3.80. The number of fused-ring (bicyclic) bond motifs is 2. The molecule has 3 nitrogen and oxygen atoms in total. The van der Waals surface area contributed by atoms with Crippen LogP contribution in [0, 0.1) is 5.92 Å². The molecular weight excluding hydrogens is 234 g/mol. The second-order valence-corrected chi connectivity index (χ2v) is 6.48. The van der Waals surface area contributed by atoms with Crippen LogP contribution >= 0.6 is 0 Å². The third kappa shape index (κ3) is 3.50. The molecule has 3 heteroatoms. The molecule has 4 heterocycles. The second kappa shape index (κ2) is 7.05. The molecule has 1 N–H and O–H groups in total. The van der Waals surface area contributed by atoms with E-state index in [0.29, 0.717) is 0 Å². The van der Waals surface area contributed by atoms with E-state index in [0.717, 1.165) is 24.0 Å². The molecule has 4 fully saturated rings. The summed E-state index contributed by atoms with van der Waals surface area (Å²) in [5.74, 6) is 0.965. The van der Waals surface area contributed by atoms with E-state index < -0.39 is 0 Å². The molecule has 0 radical (unpaired) electrons. The first kappa shape index (κ1) is 15.3. The summed E-state index contributed by atoms with van der Waals surface area (Å²) in [7, 11) is 0. The number of nitrogens with zero attached hydrogens (tertiary/aromatic N) is 2. The standard InChI is InChI=1S/C14H27N3.C2H6/c1-11(2)16-9-13-7-14(10-16)17(13)8-12-3-5-15-6-4-12;1-2/h11-15H,3-10H2,1-2H3;1-2H3. The van der Waals surface area contributed by atoms with Crippen molar-refractivity contribution in [2.45, 2.75) is 65.1 Å². The van der Waals surface area contributed by atoms with Crippen LogP contribution in [0.5, 0.6) is 0 Å². The van der Waals surface area contributed by atoms with Gasteiger partial charge in [0.05, 0.1) is 0 Å². The molecule has 0 saturated carbocycles. The van der Waals surface area contributed by atoms with Gasteiger partial charge in [0.25, 0.3) is 0 Å². The molecule has 19 heavy (non-hydrogen) atoms. The Labute approximate surface area is 119 Å². The first-order chi connectivity index (χ1) is 9.24. The molecule has 0 aromatic rings. The maximum absolute atomic E-state index is 3.47. The number of piperazine rings is 1. The molecule has 2 bridgehead atoms. The zero-order valence-corrected chi connectivity index (χ0v) is 13.4. The van der Waals surface area contributed by atoms with E-state index in [-0.39, 0.29) is 0 Å². The Morgan fingerprint density at radius 3 is 2.16 bits per heavy atom. The van der Waals surface area contributed by atoms with Gasteiger partial charge in [-0.3, -0.25) is 9.80 Å². The average Bonchev–Trinajstić information content (AvgIpc) is 2.48. The lowest BCUT2D eigenvalue weighted by Gasteiger charge is -2.58. The molecule has 0 aliphatic carbocycles. The third-order valence-corrected chi connectivity index (χ3v) is 5.03. The Hall–Kier alpha value is -0.120. The molecule has 4 aliphatic heterocycles. The Morgan fingerprint density at radius 2 is 1.63 bits per heavy atom. The van der Waals surface area contributed by atoms with Gasteiger partial charge in [-0.1, -0.05) is 13.8 Å². The van der Waals surface area contributed by atoms with Crippen LogP contribution < -0.4 is 5.32 Å². The number of hydrogen-bond acceptors (Lipinski definition) is 3. The van der Waals surface area contributed by atoms with E-state index in [4.69, 9.17) is 0 Å². The van der Waals surface area contributed by atoms with Crippen molar-refractivity contribution >= 4 is 0 Å². The largest absolute Gasteiger partial charge is 0.317 e. The van der Waals surface area contributed by atoms with Crippen molar-refractivity contribution < 1.29 is 0 Å². The second-order valence-electron chi connectivity index (χ2n) is 6.48. The van der Waals surface area contributed by atoms with Crippen LogP contribution in [0.3, 0.4) is 0 Å². The lowest BCUT2D eigenvalue weighted by atomic mass is 9.84. The minimum atomic E-state index is 0.737. The molecule has 0 aromatic carbocycles. The molecule has 0 aromatic heterocycles. The summed E-state index contributed by atoms with van der Waals surface area (Å²) in [6.07, 6.45) is 4.25. The van der Waals surface area contributed by atoms with E-state index in [1.54, 1.807) is 0 Å². The Kier molecular flexibility index (Phi) is 5.67. The fourth-order valence-corrected chi connectivity index (χ4v) is 3.80. The van der Waals surface area contributed by atoms with Gasteiger partial charge in [-0.15, -0.1) is 0 Å². The van der Waals surface area contributed by atoms with E-state index in [1.165, 1.54) is 52.0 Å². The molecule has 0 amide bonds. The minimum Gasteiger partial charge on any atom is -0.317 e. The first-order valence-electron chi connectivity index (χ1n) is 8.44. The van der Waals surface area contributed by atoms with E-state index in [9.17, 15) is 0 Å². The highest BCUT2D eigenvalue weighted by Crippen LogP contribution is 2.34. The summed E-state index contributed by atoms with van der Waals surface area (Å²) in [5.41, 5.74) is 0. The highest BCUT2D eigenvalue weighted by molar-refractivity contribution is 5.02. The maximum Gasteiger partial charge on any atom is 0.0242 e. The summed E-state index contributed by atoms with van der Waals surface area (Å²) >= 11 is 0. The van der Waals surface area contributed by atoms with Gasteiger partial charge in [0.15, 0.2) is 0 Å². The predicted octanol–water partition coefficient (Wildman–Crippen LogP) is 2.18. The number of nitrogens with one attached hydrogen (secondary N) is 1. The predicted molar refractivity (Wildman–Crippen MR) is 82.5 cm³/mol. The van der Waals surface area contributed by atoms with Crippen molar-refractivity contribution in [3.05, 3.63) is 0 Å². The molecule has 4 rings (SSSR count). The van der Waals surface area contributed by atoms with Crippen LogP contribution in [0.2, 0.25) is 0 Å². The SMILES string of the molecule is CC.CC(C)N1CC2CC(C1)N2CC1CCNCC1. The van der Waals surface area contributed by atoms with Gasteiger partial charge in [0.2, 0.25) is 0 Å². The van der Waals surface area contributed by atoms with E-state index in [2.05, 4.69) is 29.0 Å². The summed E-state index contributed by atoms with van der Waals surface area (Å²) in [5, 5.41) is 3.47. The highest BCUT2D eigenvalue weighted by Gasteiger charge is 2.45. The van der Waals surface area contributed by atoms with Crippen LogP contribution in [0.4, 0.5) is 0 Å². The van der Waals surface area contributed by atoms with Crippen molar-refractivity contribution in [3.8, 4) is 0 Å². The van der Waals surface area contributed by atoms with Crippen LogP contribution in [0.15, 0.2) is 0 Å². The number of piperidine rings is 2. The molecule has 112 valence electrons. The number of hydrogen-bond donors (Lipinski definition) is 1. The van der Waals surface area contributed by atoms with Crippen LogP contribution in [-0.4, -0.2) is 60.6 Å². The summed E-state index contributed by atoms with van der Waals surface area (Å²) in [6.45, 7) is 15.2. The van der Waals surface area contributed by atoms with E-state index >= 15 is 0 Å². The Balaban J connectivity index is 0.000000637. The Bertz CT molecular complexity index is 249. The van der Waals surface area contributed by atoms with Gasteiger partial charge in [-0.05, 0) is 52.1 Å². The summed E-state index contributed by atoms with van der Waals surface area (Å²) < 4.78 is 0. The zero-order valence-electron chi connectivity index (χ0n) is 13.4. The van der Waals surface area contributed by atoms with Gasteiger partial charge in [-0.2, -0.15) is 0 Å². The van der Waals surface area contributed by atoms with Crippen molar-refractivity contribution in [1.82, 2.24) is 15.1 Å². The highest BCUT2D eigenvalue weighted by atomic mass is 15.4. The fraction of sp³-hybridized carbons (Fsp3) is 1.00. The smallest absolute Gasteiger partial charge is 0.0242 e. The van der Waals surface area contributed by atoms with E-state index in [1.807, 2.05) is 13.8 Å². The van der Waals surface area contributed by atoms with Gasteiger partial charge in [0, 0.05) is 37.8 Å². The lowest BCUT2D eigenvalue weighted by Crippen LogP contribution is -2.70. The van der Waals surface area contributed by atoms with Crippen LogP contribution in [0.25, 0.3) is 0 Å². The first-order valence-corrected chi connectivity index (χ1v) is 8.44. The molecule has 2 unspecified atom stereocenters. The normalized spacial score (nSPS) is 32.7. The quantitative estimate of drug-likeness (QED) is 0.845. The Morgan fingerprint density at radius 1 is 1.05 bits per heavy atom. The molecule has 4 saturated heterocycles. The molecule has 2 atom stereocenters. The average molecular weight is 267 g/mol. The summed E-state index contributed by atoms with van der Waals surface area (Å²) in [4.78, 5) is 5.48. The van der Waals surface area contributed by atoms with Crippen LogP contribution in [0.1, 0.15) is 47.0 Å². The zero-order chi connectivity index (χ0) is 13.8. The van der Waals surface area contributed by atoms with Gasteiger partial charge < -0.3 is 5.32 Å². The van der Waals surface area contributed by atoms with Gasteiger partial charge >= 0.3 is 0 Å². The van der Waals surface area contributed by atoms with Crippen molar-refractivity contribution in [2.24, 2.45) is 5.92 Å². The maximum atomic E-state index is 3.47. The van der Waals surface area contributed by atoms with Gasteiger partial charge in [0.1, 0.15) is 0 Å². The monoisotopic (exact) mass is 267 g/mol. The van der Waals surface area contributed by atoms with Gasteiger partial charge in [-0.25, -0.2) is 0 Å². The van der Waals surface area contributed by atoms with Crippen molar-refractivity contribution in [1.29, 1.82) is 0 Å².